The highest BCUT2D eigenvalue weighted by Crippen LogP contribution is 2.11. The first kappa shape index (κ1) is 13.1. The first-order valence-corrected chi connectivity index (χ1v) is 6.45. The molecule has 4 heteroatoms. The van der Waals surface area contributed by atoms with E-state index in [2.05, 4.69) is 10.8 Å². The van der Waals surface area contributed by atoms with Crippen LogP contribution in [0, 0.1) is 12.8 Å². The zero-order valence-electron chi connectivity index (χ0n) is 10.7. The fourth-order valence-electron chi connectivity index (χ4n) is 2.04. The number of hydroxylamine groups is 1. The lowest BCUT2D eigenvalue weighted by Gasteiger charge is -2.22. The number of rotatable bonds is 4. The van der Waals surface area contributed by atoms with E-state index in [1.165, 1.54) is 0 Å². The van der Waals surface area contributed by atoms with Gasteiger partial charge in [-0.2, -0.15) is 0 Å². The topological polar surface area (TPSA) is 50.4 Å². The molecule has 0 unspecified atom stereocenters. The maximum Gasteiger partial charge on any atom is 0.274 e. The predicted molar refractivity (Wildman–Crippen MR) is 70.2 cm³/mol. The lowest BCUT2D eigenvalue weighted by Crippen LogP contribution is -2.33. The van der Waals surface area contributed by atoms with Gasteiger partial charge in [-0.05, 0) is 50.9 Å². The van der Waals surface area contributed by atoms with Crippen molar-refractivity contribution in [3.8, 4) is 0 Å². The highest BCUT2D eigenvalue weighted by Gasteiger charge is 2.13. The van der Waals surface area contributed by atoms with E-state index in [9.17, 15) is 4.79 Å². The lowest BCUT2D eigenvalue weighted by molar-refractivity contribution is 0.0118. The Hall–Kier alpha value is -1.39. The molecule has 2 N–H and O–H groups in total. The molecule has 0 saturated carbocycles. The van der Waals surface area contributed by atoms with Crippen molar-refractivity contribution in [2.24, 2.45) is 5.92 Å². The van der Waals surface area contributed by atoms with Gasteiger partial charge in [0.25, 0.3) is 5.91 Å². The summed E-state index contributed by atoms with van der Waals surface area (Å²) in [5.74, 6) is 0.369. The number of aryl methyl sites for hydroxylation is 1. The van der Waals surface area contributed by atoms with E-state index >= 15 is 0 Å². The van der Waals surface area contributed by atoms with E-state index in [4.69, 9.17) is 4.84 Å². The molecule has 4 nitrogen and oxygen atoms in total. The van der Waals surface area contributed by atoms with E-state index in [-0.39, 0.29) is 5.91 Å². The number of piperidine rings is 1. The van der Waals surface area contributed by atoms with E-state index in [0.29, 0.717) is 18.1 Å². The van der Waals surface area contributed by atoms with Crippen molar-refractivity contribution < 1.29 is 9.63 Å². The van der Waals surface area contributed by atoms with Gasteiger partial charge in [-0.1, -0.05) is 17.7 Å². The molecule has 1 saturated heterocycles. The summed E-state index contributed by atoms with van der Waals surface area (Å²) >= 11 is 0. The van der Waals surface area contributed by atoms with E-state index in [1.807, 2.05) is 19.1 Å². The summed E-state index contributed by atoms with van der Waals surface area (Å²) in [4.78, 5) is 17.0. The van der Waals surface area contributed by atoms with Crippen molar-refractivity contribution >= 4 is 5.91 Å². The van der Waals surface area contributed by atoms with Crippen LogP contribution in [0.2, 0.25) is 0 Å². The lowest BCUT2D eigenvalue weighted by atomic mass is 10.00. The Morgan fingerprint density at radius 1 is 1.33 bits per heavy atom. The van der Waals surface area contributed by atoms with Crippen LogP contribution in [-0.4, -0.2) is 25.6 Å². The maximum atomic E-state index is 11.7. The Morgan fingerprint density at radius 3 is 2.67 bits per heavy atom. The number of amides is 1. The molecule has 0 radical (unpaired) electrons. The average Bonchev–Trinajstić information content (AvgIpc) is 2.40. The van der Waals surface area contributed by atoms with Gasteiger partial charge in [-0.25, -0.2) is 5.48 Å². The third-order valence-electron chi connectivity index (χ3n) is 3.26. The van der Waals surface area contributed by atoms with Crippen molar-refractivity contribution in [3.05, 3.63) is 35.4 Å². The highest BCUT2D eigenvalue weighted by atomic mass is 16.6. The van der Waals surface area contributed by atoms with Crippen LogP contribution in [0.15, 0.2) is 24.3 Å². The second-order valence-electron chi connectivity index (χ2n) is 4.80. The van der Waals surface area contributed by atoms with Gasteiger partial charge < -0.3 is 5.32 Å². The standard InChI is InChI=1S/C14H20N2O2/c1-11-2-4-13(5-3-11)14(17)16-18-10-12-6-8-15-9-7-12/h2-5,12,15H,6-10H2,1H3,(H,16,17). The van der Waals surface area contributed by atoms with Crippen molar-refractivity contribution in [3.63, 3.8) is 0 Å². The first-order valence-electron chi connectivity index (χ1n) is 6.45. The molecule has 0 atom stereocenters. The Balaban J connectivity index is 1.72. The minimum absolute atomic E-state index is 0.177. The Labute approximate surface area is 108 Å². The summed E-state index contributed by atoms with van der Waals surface area (Å²) in [5, 5.41) is 3.30. The molecule has 0 aliphatic carbocycles. The normalized spacial score (nSPS) is 16.5. The van der Waals surface area contributed by atoms with E-state index < -0.39 is 0 Å². The van der Waals surface area contributed by atoms with Crippen LogP contribution in [0.5, 0.6) is 0 Å². The molecule has 1 aromatic carbocycles. The van der Waals surface area contributed by atoms with E-state index in [1.54, 1.807) is 12.1 Å². The molecule has 0 aromatic heterocycles. The van der Waals surface area contributed by atoms with Gasteiger partial charge in [-0.15, -0.1) is 0 Å². The first-order chi connectivity index (χ1) is 8.75. The van der Waals surface area contributed by atoms with Gasteiger partial charge in [0.2, 0.25) is 0 Å². The number of hydrogen-bond donors (Lipinski definition) is 2. The molecular formula is C14H20N2O2. The molecule has 2 rings (SSSR count). The van der Waals surface area contributed by atoms with Crippen LogP contribution < -0.4 is 10.8 Å². The fraction of sp³-hybridized carbons (Fsp3) is 0.500. The molecule has 0 spiro atoms. The van der Waals surface area contributed by atoms with Crippen LogP contribution in [0.1, 0.15) is 28.8 Å². The third kappa shape index (κ3) is 3.82. The monoisotopic (exact) mass is 248 g/mol. The van der Waals surface area contributed by atoms with Crippen LogP contribution >= 0.6 is 0 Å². The Morgan fingerprint density at radius 2 is 2.00 bits per heavy atom. The minimum atomic E-state index is -0.177. The largest absolute Gasteiger partial charge is 0.317 e. The zero-order chi connectivity index (χ0) is 12.8. The van der Waals surface area contributed by atoms with Gasteiger partial charge in [0.1, 0.15) is 0 Å². The molecule has 0 bridgehead atoms. The molecule has 98 valence electrons. The second-order valence-corrected chi connectivity index (χ2v) is 4.80. The minimum Gasteiger partial charge on any atom is -0.317 e. The number of carbonyl (C=O) groups is 1. The summed E-state index contributed by atoms with van der Waals surface area (Å²) < 4.78 is 0. The summed E-state index contributed by atoms with van der Waals surface area (Å²) in [6.07, 6.45) is 2.22. The zero-order valence-corrected chi connectivity index (χ0v) is 10.7. The van der Waals surface area contributed by atoms with Crippen molar-refractivity contribution in [2.75, 3.05) is 19.7 Å². The van der Waals surface area contributed by atoms with Gasteiger partial charge in [0.05, 0.1) is 6.61 Å². The smallest absolute Gasteiger partial charge is 0.274 e. The molecule has 1 aromatic rings. The van der Waals surface area contributed by atoms with Gasteiger partial charge in [0, 0.05) is 5.56 Å². The number of hydrogen-bond acceptors (Lipinski definition) is 3. The fourth-order valence-corrected chi connectivity index (χ4v) is 2.04. The summed E-state index contributed by atoms with van der Waals surface area (Å²) in [5.41, 5.74) is 4.28. The third-order valence-corrected chi connectivity index (χ3v) is 3.26. The quantitative estimate of drug-likeness (QED) is 0.797. The van der Waals surface area contributed by atoms with Gasteiger partial charge in [0.15, 0.2) is 0 Å². The Kier molecular flexibility index (Phi) is 4.73. The van der Waals surface area contributed by atoms with Crippen LogP contribution in [0.3, 0.4) is 0 Å². The Bertz CT molecular complexity index is 383. The predicted octanol–water partition coefficient (Wildman–Crippen LogP) is 1.66. The molecule has 18 heavy (non-hydrogen) atoms. The van der Waals surface area contributed by atoms with Crippen molar-refractivity contribution in [2.45, 2.75) is 19.8 Å². The number of nitrogens with one attached hydrogen (secondary N) is 2. The molecule has 1 heterocycles. The molecule has 1 aliphatic heterocycles. The summed E-state index contributed by atoms with van der Waals surface area (Å²) in [7, 11) is 0. The molecular weight excluding hydrogens is 228 g/mol. The number of benzene rings is 1. The summed E-state index contributed by atoms with van der Waals surface area (Å²) in [6.45, 7) is 4.68. The van der Waals surface area contributed by atoms with Crippen LogP contribution in [0.25, 0.3) is 0 Å². The van der Waals surface area contributed by atoms with E-state index in [0.717, 1.165) is 31.5 Å². The second kappa shape index (κ2) is 6.52. The summed E-state index contributed by atoms with van der Waals surface area (Å²) in [6, 6.07) is 7.44. The molecule has 1 amide bonds. The average molecular weight is 248 g/mol. The van der Waals surface area contributed by atoms with Crippen molar-refractivity contribution in [1.29, 1.82) is 0 Å². The van der Waals surface area contributed by atoms with Gasteiger partial charge >= 0.3 is 0 Å². The SMILES string of the molecule is Cc1ccc(C(=O)NOCC2CCNCC2)cc1. The van der Waals surface area contributed by atoms with Crippen LogP contribution in [0.4, 0.5) is 0 Å². The molecule has 1 fully saturated rings. The van der Waals surface area contributed by atoms with Gasteiger partial charge in [-0.3, -0.25) is 9.63 Å². The van der Waals surface area contributed by atoms with Crippen LogP contribution in [-0.2, 0) is 4.84 Å². The highest BCUT2D eigenvalue weighted by molar-refractivity contribution is 5.93. The molecule has 1 aliphatic rings. The van der Waals surface area contributed by atoms with Crippen molar-refractivity contribution in [1.82, 2.24) is 10.8 Å². The maximum absolute atomic E-state index is 11.7. The number of carbonyl (C=O) groups excluding carboxylic acids is 1.